The van der Waals surface area contributed by atoms with Crippen LogP contribution in [-0.4, -0.2) is 47.8 Å². The van der Waals surface area contributed by atoms with Crippen molar-refractivity contribution in [3.63, 3.8) is 0 Å². The summed E-state index contributed by atoms with van der Waals surface area (Å²) < 4.78 is 0. The van der Waals surface area contributed by atoms with Gasteiger partial charge in [0.2, 0.25) is 11.8 Å². The van der Waals surface area contributed by atoms with E-state index in [1.807, 2.05) is 18.2 Å². The molecule has 0 heterocycles. The van der Waals surface area contributed by atoms with Gasteiger partial charge < -0.3 is 20.8 Å². The van der Waals surface area contributed by atoms with Crippen molar-refractivity contribution >= 4 is 11.8 Å². The lowest BCUT2D eigenvalue weighted by Crippen LogP contribution is -2.46. The van der Waals surface area contributed by atoms with Crippen molar-refractivity contribution in [3.05, 3.63) is 35.9 Å². The van der Waals surface area contributed by atoms with Gasteiger partial charge >= 0.3 is 0 Å². The minimum absolute atomic E-state index is 0.140. The van der Waals surface area contributed by atoms with E-state index in [4.69, 9.17) is 5.11 Å². The van der Waals surface area contributed by atoms with E-state index in [9.17, 15) is 14.7 Å². The maximum atomic E-state index is 11.7. The molecule has 4 N–H and O–H groups in total. The molecule has 1 aromatic rings. The number of aliphatic hydroxyl groups excluding tert-OH is 2. The van der Waals surface area contributed by atoms with Crippen molar-refractivity contribution < 1.29 is 19.8 Å². The standard InChI is InChI=1S/C18H28N2O4/c1-18(2,13-21)16(23)17(24)20-12-10-15(22)19-11-6-9-14-7-4-3-5-8-14/h3-5,7-8,16,21,23H,6,9-13H2,1-2H3,(H,19,22)(H,20,24)/t16-/m0/s1. The summed E-state index contributed by atoms with van der Waals surface area (Å²) in [7, 11) is 0. The lowest BCUT2D eigenvalue weighted by molar-refractivity contribution is -0.137. The monoisotopic (exact) mass is 336 g/mol. The van der Waals surface area contributed by atoms with E-state index >= 15 is 0 Å². The van der Waals surface area contributed by atoms with E-state index in [0.717, 1.165) is 12.8 Å². The van der Waals surface area contributed by atoms with Crippen molar-refractivity contribution in [1.29, 1.82) is 0 Å². The molecule has 0 saturated heterocycles. The molecule has 0 unspecified atom stereocenters. The fourth-order valence-corrected chi connectivity index (χ4v) is 2.09. The van der Waals surface area contributed by atoms with E-state index in [2.05, 4.69) is 22.8 Å². The first-order chi connectivity index (χ1) is 11.4. The minimum atomic E-state index is -1.31. The normalized spacial score (nSPS) is 12.5. The molecule has 0 aliphatic carbocycles. The second-order valence-electron chi connectivity index (χ2n) is 6.53. The molecule has 0 spiro atoms. The van der Waals surface area contributed by atoms with Crippen LogP contribution in [0.15, 0.2) is 30.3 Å². The third kappa shape index (κ3) is 7.10. The molecule has 134 valence electrons. The van der Waals surface area contributed by atoms with Crippen molar-refractivity contribution in [1.82, 2.24) is 10.6 Å². The average Bonchev–Trinajstić information content (AvgIpc) is 2.58. The number of carbonyl (C=O) groups is 2. The molecule has 0 aliphatic heterocycles. The predicted molar refractivity (Wildman–Crippen MR) is 92.3 cm³/mol. The van der Waals surface area contributed by atoms with Crippen LogP contribution >= 0.6 is 0 Å². The highest BCUT2D eigenvalue weighted by atomic mass is 16.3. The summed E-state index contributed by atoms with van der Waals surface area (Å²) in [6.07, 6.45) is 0.603. The molecule has 0 aromatic heterocycles. The van der Waals surface area contributed by atoms with Gasteiger partial charge in [0.25, 0.3) is 0 Å². The number of aryl methyl sites for hydroxylation is 1. The Bertz CT molecular complexity index is 517. The number of carbonyl (C=O) groups excluding carboxylic acids is 2. The van der Waals surface area contributed by atoms with E-state index < -0.39 is 17.4 Å². The topological polar surface area (TPSA) is 98.7 Å². The number of rotatable bonds is 10. The molecule has 0 aliphatic rings. The summed E-state index contributed by atoms with van der Waals surface area (Å²) in [6, 6.07) is 10.1. The van der Waals surface area contributed by atoms with Gasteiger partial charge in [-0.2, -0.15) is 0 Å². The van der Waals surface area contributed by atoms with Gasteiger partial charge in [-0.25, -0.2) is 0 Å². The highest BCUT2D eigenvalue weighted by Crippen LogP contribution is 2.19. The summed E-state index contributed by atoms with van der Waals surface area (Å²) in [5.74, 6) is -0.717. The Morgan fingerprint density at radius 3 is 2.42 bits per heavy atom. The Morgan fingerprint density at radius 1 is 1.12 bits per heavy atom. The lowest BCUT2D eigenvalue weighted by Gasteiger charge is -2.27. The molecule has 1 atom stereocenters. The van der Waals surface area contributed by atoms with Crippen LogP contribution in [0.25, 0.3) is 0 Å². The van der Waals surface area contributed by atoms with Gasteiger partial charge in [-0.1, -0.05) is 44.2 Å². The number of benzene rings is 1. The second-order valence-corrected chi connectivity index (χ2v) is 6.53. The van der Waals surface area contributed by atoms with Gasteiger partial charge in [0.15, 0.2) is 0 Å². The van der Waals surface area contributed by atoms with E-state index in [-0.39, 0.29) is 25.5 Å². The molecule has 6 nitrogen and oxygen atoms in total. The Balaban J connectivity index is 2.14. The maximum Gasteiger partial charge on any atom is 0.249 e. The van der Waals surface area contributed by atoms with Crippen LogP contribution in [-0.2, 0) is 16.0 Å². The van der Waals surface area contributed by atoms with Crippen molar-refractivity contribution in [2.24, 2.45) is 5.41 Å². The lowest BCUT2D eigenvalue weighted by atomic mass is 9.87. The highest BCUT2D eigenvalue weighted by Gasteiger charge is 2.32. The summed E-state index contributed by atoms with van der Waals surface area (Å²) in [5.41, 5.74) is 0.323. The molecule has 6 heteroatoms. The maximum absolute atomic E-state index is 11.7. The van der Waals surface area contributed by atoms with Crippen LogP contribution in [0.4, 0.5) is 0 Å². The number of hydrogen-bond donors (Lipinski definition) is 4. The van der Waals surface area contributed by atoms with Crippen LogP contribution < -0.4 is 10.6 Å². The van der Waals surface area contributed by atoms with Crippen molar-refractivity contribution in [2.45, 2.75) is 39.2 Å². The molecular weight excluding hydrogens is 308 g/mol. The van der Waals surface area contributed by atoms with Gasteiger partial charge in [-0.3, -0.25) is 9.59 Å². The molecule has 0 bridgehead atoms. The zero-order valence-corrected chi connectivity index (χ0v) is 14.4. The molecule has 24 heavy (non-hydrogen) atoms. The average molecular weight is 336 g/mol. The van der Waals surface area contributed by atoms with Crippen LogP contribution in [0.5, 0.6) is 0 Å². The van der Waals surface area contributed by atoms with Crippen molar-refractivity contribution in [3.8, 4) is 0 Å². The highest BCUT2D eigenvalue weighted by molar-refractivity contribution is 5.82. The number of amides is 2. The summed E-state index contributed by atoms with van der Waals surface area (Å²) in [6.45, 7) is 3.63. The quantitative estimate of drug-likeness (QED) is 0.471. The Hall–Kier alpha value is -1.92. The van der Waals surface area contributed by atoms with Crippen LogP contribution in [0, 0.1) is 5.41 Å². The number of nitrogens with one attached hydrogen (secondary N) is 2. The second kappa shape index (κ2) is 10.1. The molecule has 1 rings (SSSR count). The Morgan fingerprint density at radius 2 is 1.79 bits per heavy atom. The number of aliphatic hydroxyl groups is 2. The number of hydrogen-bond acceptors (Lipinski definition) is 4. The SMILES string of the molecule is CC(C)(CO)[C@@H](O)C(=O)NCCC(=O)NCCCc1ccccc1. The summed E-state index contributed by atoms with van der Waals surface area (Å²) in [4.78, 5) is 23.4. The Kier molecular flexibility index (Phi) is 8.43. The fraction of sp³-hybridized carbons (Fsp3) is 0.556. The third-order valence-corrected chi connectivity index (χ3v) is 3.85. The van der Waals surface area contributed by atoms with Crippen LogP contribution in [0.2, 0.25) is 0 Å². The van der Waals surface area contributed by atoms with Crippen LogP contribution in [0.3, 0.4) is 0 Å². The summed E-state index contributed by atoms with van der Waals surface area (Å²) >= 11 is 0. The smallest absolute Gasteiger partial charge is 0.249 e. The first-order valence-electron chi connectivity index (χ1n) is 8.24. The largest absolute Gasteiger partial charge is 0.396 e. The van der Waals surface area contributed by atoms with Crippen molar-refractivity contribution in [2.75, 3.05) is 19.7 Å². The molecule has 0 saturated carbocycles. The van der Waals surface area contributed by atoms with E-state index in [0.29, 0.717) is 6.54 Å². The minimum Gasteiger partial charge on any atom is -0.396 e. The van der Waals surface area contributed by atoms with Gasteiger partial charge in [-0.15, -0.1) is 0 Å². The molecular formula is C18H28N2O4. The Labute approximate surface area is 143 Å². The zero-order valence-electron chi connectivity index (χ0n) is 14.4. The third-order valence-electron chi connectivity index (χ3n) is 3.85. The first-order valence-corrected chi connectivity index (χ1v) is 8.24. The molecule has 1 aromatic carbocycles. The van der Waals surface area contributed by atoms with E-state index in [1.54, 1.807) is 13.8 Å². The van der Waals surface area contributed by atoms with E-state index in [1.165, 1.54) is 5.56 Å². The fourth-order valence-electron chi connectivity index (χ4n) is 2.09. The van der Waals surface area contributed by atoms with Crippen LogP contribution in [0.1, 0.15) is 32.3 Å². The molecule has 0 radical (unpaired) electrons. The van der Waals surface area contributed by atoms with Gasteiger partial charge in [-0.05, 0) is 18.4 Å². The van der Waals surface area contributed by atoms with Gasteiger partial charge in [0.05, 0.1) is 6.61 Å². The zero-order chi connectivity index (χ0) is 18.0. The van der Waals surface area contributed by atoms with Gasteiger partial charge in [0.1, 0.15) is 6.10 Å². The molecule has 2 amide bonds. The van der Waals surface area contributed by atoms with Gasteiger partial charge in [0, 0.05) is 24.9 Å². The predicted octanol–water partition coefficient (Wildman–Crippen LogP) is 0.621. The first kappa shape index (κ1) is 20.1. The molecule has 0 fully saturated rings. The summed E-state index contributed by atoms with van der Waals surface area (Å²) in [5, 5.41) is 24.3.